The predicted molar refractivity (Wildman–Crippen MR) is 489 cm³/mol. The van der Waals surface area contributed by atoms with Gasteiger partial charge in [-0.3, -0.25) is 81.5 Å². The van der Waals surface area contributed by atoms with Crippen LogP contribution in [0.25, 0.3) is 21.8 Å². The third-order valence-corrected chi connectivity index (χ3v) is 25.9. The number of thioether (sulfide) groups is 1. The van der Waals surface area contributed by atoms with Gasteiger partial charge < -0.3 is 120 Å². The SMILES string of the molecule is CCCC[C@H]1C(=O)N(C)[C@@H](CCCC)C(=O)N[C@@H](CC(C)C)C(=O)N[C@H](C(=O)NCC(N)=O)CSCC(=O)N[C@@H](Cc2ccc(O)cc2)C(=O)N(C)[C@@H](C)C(=O)N[C@@H](CC(N)=O)C(=O)N2CCC[C@H]2C(=O)N[C@@H](CN)C(=O)N[C@@H](CC2CCCCC2)C(=O)N2C[C@H](O)C[C@H]2C(=O)N[C@@H](Cc2c[nH]c3ccccc23)C(=O)N[C@@H](CO)C(=O)N[C@@H](Cc2c[nH]c3ccccc23)C(=O)N1C. The summed E-state index contributed by atoms with van der Waals surface area (Å²) in [6.45, 7) is 5.65. The van der Waals surface area contributed by atoms with Crippen LogP contribution in [0.15, 0.2) is 85.2 Å². The molecule has 5 heterocycles. The average molecular weight is 1860 g/mol. The number of nitrogens with one attached hydrogen (secondary N) is 12. The second-order valence-electron chi connectivity index (χ2n) is 35.2. The summed E-state index contributed by atoms with van der Waals surface area (Å²) >= 11 is 0.799. The number of aliphatic hydroxyl groups excluding tert-OH is 2. The lowest BCUT2D eigenvalue weighted by atomic mass is 9.84. The lowest BCUT2D eigenvalue weighted by Crippen LogP contribution is -2.62. The van der Waals surface area contributed by atoms with Gasteiger partial charge in [-0.2, -0.15) is 0 Å². The fourth-order valence-corrected chi connectivity index (χ4v) is 18.2. The highest BCUT2D eigenvalue weighted by molar-refractivity contribution is 8.00. The lowest BCUT2D eigenvalue weighted by molar-refractivity contribution is -0.149. The number of carbonyl (C=O) groups excluding carboxylic acids is 17. The van der Waals surface area contributed by atoms with E-state index >= 15 is 33.6 Å². The maximum atomic E-state index is 15.7. The van der Waals surface area contributed by atoms with E-state index in [1.54, 1.807) is 74.8 Å². The number of primary amides is 2. The smallest absolute Gasteiger partial charge is 0.246 e. The number of phenolic OH excluding ortho intramolecular Hbond substituents is 1. The Labute approximate surface area is 770 Å². The van der Waals surface area contributed by atoms with Gasteiger partial charge in [-0.1, -0.05) is 134 Å². The van der Waals surface area contributed by atoms with Crippen LogP contribution in [0, 0.1) is 11.8 Å². The van der Waals surface area contributed by atoms with Gasteiger partial charge in [-0.25, -0.2) is 0 Å². The fourth-order valence-electron chi connectivity index (χ4n) is 17.4. The Hall–Kier alpha value is -12.2. The van der Waals surface area contributed by atoms with E-state index in [1.165, 1.54) is 57.2 Å². The van der Waals surface area contributed by atoms with Gasteiger partial charge in [0.25, 0.3) is 0 Å². The third-order valence-electron chi connectivity index (χ3n) is 24.9. The minimum Gasteiger partial charge on any atom is -0.508 e. The van der Waals surface area contributed by atoms with Gasteiger partial charge in [-0.15, -0.1) is 11.8 Å². The Morgan fingerprint density at radius 3 is 1.66 bits per heavy atom. The molecule has 3 aliphatic heterocycles. The Balaban J connectivity index is 1.09. The summed E-state index contributed by atoms with van der Waals surface area (Å²) in [6, 6.07) is -1.54. The fraction of sp³-hybridized carbons (Fsp3) is 0.571. The number of aromatic amines is 2. The Morgan fingerprint density at radius 1 is 0.530 bits per heavy atom. The van der Waals surface area contributed by atoms with Gasteiger partial charge >= 0.3 is 0 Å². The highest BCUT2D eigenvalue weighted by Crippen LogP contribution is 2.31. The number of amides is 17. The Morgan fingerprint density at radius 2 is 1.05 bits per heavy atom. The zero-order chi connectivity index (χ0) is 96.3. The number of H-pyrrole nitrogens is 2. The van der Waals surface area contributed by atoms with Crippen molar-refractivity contribution in [2.45, 2.75) is 254 Å². The molecule has 1 saturated carbocycles. The van der Waals surface area contributed by atoms with Crippen molar-refractivity contribution in [3.63, 3.8) is 0 Å². The first-order chi connectivity index (χ1) is 62.9. The summed E-state index contributed by atoms with van der Waals surface area (Å²) in [6.07, 6.45) is 5.73. The molecule has 40 nitrogen and oxygen atoms in total. The molecule has 41 heteroatoms. The van der Waals surface area contributed by atoms with Crippen molar-refractivity contribution in [1.29, 1.82) is 0 Å². The number of nitrogens with zero attached hydrogens (tertiary/aromatic N) is 5. The molecule has 21 N–H and O–H groups in total. The molecule has 5 aromatic rings. The van der Waals surface area contributed by atoms with Crippen LogP contribution in [-0.4, -0.2) is 306 Å². The molecule has 17 amide bonds. The quantitative estimate of drug-likeness (QED) is 0.0364. The first kappa shape index (κ1) is 103. The molecule has 9 rings (SSSR count). The van der Waals surface area contributed by atoms with Crippen LogP contribution in [-0.2, 0) is 101 Å². The van der Waals surface area contributed by atoms with Crippen LogP contribution < -0.4 is 70.4 Å². The van der Waals surface area contributed by atoms with Crippen LogP contribution in [0.3, 0.4) is 0 Å². The summed E-state index contributed by atoms with van der Waals surface area (Å²) in [5.41, 5.74) is 20.2. The molecule has 3 aromatic carbocycles. The maximum Gasteiger partial charge on any atom is 0.246 e. The van der Waals surface area contributed by atoms with Gasteiger partial charge in [0.1, 0.15) is 90.3 Å². The van der Waals surface area contributed by atoms with E-state index in [0.29, 0.717) is 77.0 Å². The molecule has 0 unspecified atom stereocenters. The van der Waals surface area contributed by atoms with Gasteiger partial charge in [-0.05, 0) is 98.2 Å². The summed E-state index contributed by atoms with van der Waals surface area (Å²) in [5, 5.41) is 60.8. The van der Waals surface area contributed by atoms with Crippen LogP contribution in [0.1, 0.15) is 160 Å². The Kier molecular flexibility index (Phi) is 38.7. The number of benzene rings is 3. The number of phenols is 1. The number of rotatable bonds is 23. The minimum atomic E-state index is -1.87. The summed E-state index contributed by atoms with van der Waals surface area (Å²) in [5.74, 6) is -17.1. The number of aromatic nitrogens is 2. The molecule has 3 saturated heterocycles. The van der Waals surface area contributed by atoms with Crippen molar-refractivity contribution in [3.05, 3.63) is 102 Å². The van der Waals surface area contributed by atoms with Crippen molar-refractivity contribution in [1.82, 2.24) is 87.6 Å². The first-order valence-electron chi connectivity index (χ1n) is 45.4. The zero-order valence-corrected chi connectivity index (χ0v) is 77.0. The van der Waals surface area contributed by atoms with Crippen molar-refractivity contribution >= 4 is 134 Å². The molecule has 720 valence electrons. The van der Waals surface area contributed by atoms with E-state index in [0.717, 1.165) is 50.6 Å². The molecule has 1 aliphatic carbocycles. The van der Waals surface area contributed by atoms with Crippen LogP contribution in [0.5, 0.6) is 5.75 Å². The number of aromatic hydroxyl groups is 1. The monoisotopic (exact) mass is 1850 g/mol. The number of hydrogen-bond acceptors (Lipinski definition) is 22. The molecule has 4 aliphatic rings. The number of carbonyl (C=O) groups is 17. The standard InChI is InChI=1S/C91H130N20O20S/c1-9-11-27-71-84(124)99-62(35-50(3)4)80(120)106-70(79(119)97-45-76(94)116)48-132-49-77(117)98-64(37-53-30-32-56(113)33-31-53)87(127)107(6)51(5)78(118)101-67(41-75(93)115)89(129)110-34-20-29-72(110)85(125)104-68(42-92)82(122)102-65(36-52-21-14-13-15-22-52)90(130)111-46-57(114)40-74(111)86(126)100-63(38-54-43-95-60-25-18-16-23-58(54)60)81(121)105-69(47-112)83(123)103-66(39-55-44-96-61-26-19-17-24-59(55)61)88(128)109(8)73(28-12-10-2)91(131)108(71)7/h16-19,23-26,30-33,43-44,50-52,57,62-74,95-96,112-114H,9-15,20-22,27-29,34-42,45-49,92H2,1-8H3,(H2,93,115)(H2,94,116)(H,97,119)(H,98,117)(H,99,124)(H,100,126)(H,101,118)(H,102,122)(H,103,123)(H,104,125)(H,105,121)(H,106,120)/t51-,57+,62-,63-,64-,65-,66-,67-,68-,69-,70-,71-,72-,73-,74-/m0/s1. The van der Waals surface area contributed by atoms with Crippen molar-refractivity contribution in [3.8, 4) is 5.75 Å². The largest absolute Gasteiger partial charge is 0.508 e. The van der Waals surface area contributed by atoms with Crippen LogP contribution in [0.4, 0.5) is 0 Å². The van der Waals surface area contributed by atoms with E-state index in [9.17, 15) is 63.3 Å². The molecule has 15 atom stereocenters. The summed E-state index contributed by atoms with van der Waals surface area (Å²) < 4.78 is 0. The maximum absolute atomic E-state index is 15.7. The molecular weight excluding hydrogens is 1730 g/mol. The number of aliphatic hydroxyl groups is 2. The molecule has 0 radical (unpaired) electrons. The van der Waals surface area contributed by atoms with Crippen molar-refractivity contribution in [2.24, 2.45) is 29.0 Å². The van der Waals surface area contributed by atoms with Gasteiger partial charge in [0.15, 0.2) is 0 Å². The number of hydrogen-bond donors (Lipinski definition) is 18. The second kappa shape index (κ2) is 49.3. The molecule has 132 heavy (non-hydrogen) atoms. The van der Waals surface area contributed by atoms with Gasteiger partial charge in [0.2, 0.25) is 100 Å². The van der Waals surface area contributed by atoms with E-state index in [2.05, 4.69) is 63.1 Å². The van der Waals surface area contributed by atoms with Gasteiger partial charge in [0, 0.05) is 106 Å². The molecule has 4 fully saturated rings. The highest BCUT2D eigenvalue weighted by Gasteiger charge is 2.47. The highest BCUT2D eigenvalue weighted by atomic mass is 32.2. The average Bonchev–Trinajstić information content (AvgIpc) is 1.57. The Bertz CT molecular complexity index is 4930. The topological polar surface area (TPSA) is 597 Å². The van der Waals surface area contributed by atoms with Crippen molar-refractivity contribution < 1.29 is 96.8 Å². The number of likely N-dealkylation sites (N-methyl/N-ethyl adjacent to an activating group) is 3. The number of unbranched alkanes of at least 4 members (excludes halogenated alkanes) is 2. The second-order valence-corrected chi connectivity index (χ2v) is 36.2. The molecular formula is C91H130N20O20S. The number of nitrogens with two attached hydrogens (primary N) is 3. The number of para-hydroxylation sites is 2. The van der Waals surface area contributed by atoms with Crippen LogP contribution >= 0.6 is 11.8 Å². The van der Waals surface area contributed by atoms with Crippen LogP contribution in [0.2, 0.25) is 0 Å². The molecule has 0 spiro atoms. The first-order valence-corrected chi connectivity index (χ1v) is 46.5. The molecule has 0 bridgehead atoms. The van der Waals surface area contributed by atoms with E-state index in [4.69, 9.17) is 17.2 Å². The predicted octanol–water partition coefficient (Wildman–Crippen LogP) is -1.23. The normalized spacial score (nSPS) is 26.0. The number of fused-ring (bicyclic) bond motifs is 4. The third kappa shape index (κ3) is 28.2. The van der Waals surface area contributed by atoms with Gasteiger partial charge in [0.05, 0.1) is 31.4 Å². The van der Waals surface area contributed by atoms with E-state index < -0.39 is 235 Å². The summed E-state index contributed by atoms with van der Waals surface area (Å²) in [4.78, 5) is 261. The molecule has 2 aromatic heterocycles. The minimum absolute atomic E-state index is 0.00151. The lowest BCUT2D eigenvalue weighted by Gasteiger charge is -2.36. The zero-order valence-electron chi connectivity index (χ0n) is 76.1. The van der Waals surface area contributed by atoms with Crippen molar-refractivity contribution in [2.75, 3.05) is 65.4 Å². The van der Waals surface area contributed by atoms with E-state index in [1.807, 2.05) is 13.8 Å². The van der Waals surface area contributed by atoms with E-state index in [-0.39, 0.29) is 88.3 Å². The summed E-state index contributed by atoms with van der Waals surface area (Å²) in [7, 11) is 3.98.